The summed E-state index contributed by atoms with van der Waals surface area (Å²) >= 11 is 6.04. The Morgan fingerprint density at radius 2 is 1.53 bits per heavy atom. The van der Waals surface area contributed by atoms with Gasteiger partial charge in [0.2, 0.25) is 0 Å². The maximum absolute atomic E-state index is 6.04. The third-order valence-corrected chi connectivity index (χ3v) is 2.78. The molecule has 0 aliphatic heterocycles. The number of anilines is 1. The minimum Gasteiger partial charge on any atom is -0.384 e. The van der Waals surface area contributed by atoms with Gasteiger partial charge in [0, 0.05) is 6.54 Å². The summed E-state index contributed by atoms with van der Waals surface area (Å²) in [4.78, 5) is 0. The van der Waals surface area contributed by atoms with E-state index in [-0.39, 0.29) is 12.4 Å². The molecule has 3 heteroatoms. The molecular weight excluding hydrogens is 253 g/mol. The first kappa shape index (κ1) is 13.9. The van der Waals surface area contributed by atoms with Crippen LogP contribution in [0.4, 0.5) is 5.69 Å². The summed E-state index contributed by atoms with van der Waals surface area (Å²) in [6, 6.07) is 18.2. The molecule has 0 unspecified atom stereocenters. The lowest BCUT2D eigenvalue weighted by molar-refractivity contribution is 1.02. The van der Waals surface area contributed by atoms with E-state index in [1.807, 2.05) is 30.3 Å². The first-order valence-electron chi connectivity index (χ1n) is 5.38. The molecule has 2 aromatic carbocycles. The van der Waals surface area contributed by atoms with Crippen molar-refractivity contribution in [1.82, 2.24) is 0 Å². The molecule has 1 N–H and O–H groups in total. The van der Waals surface area contributed by atoms with Crippen LogP contribution in [0.3, 0.4) is 0 Å². The number of nitrogens with one attached hydrogen (secondary N) is 1. The summed E-state index contributed by atoms with van der Waals surface area (Å²) in [5.41, 5.74) is 2.34. The number of halogens is 2. The van der Waals surface area contributed by atoms with Crippen molar-refractivity contribution in [3.63, 3.8) is 0 Å². The molecule has 0 amide bonds. The van der Waals surface area contributed by atoms with Crippen LogP contribution in [0.25, 0.3) is 0 Å². The molecule has 0 spiro atoms. The molecule has 0 bridgehead atoms. The van der Waals surface area contributed by atoms with Crippen molar-refractivity contribution >= 4 is 29.7 Å². The number of para-hydroxylation sites is 1. The van der Waals surface area contributed by atoms with Crippen LogP contribution in [-0.2, 0) is 6.42 Å². The van der Waals surface area contributed by atoms with Crippen LogP contribution in [0.15, 0.2) is 54.6 Å². The van der Waals surface area contributed by atoms with Crippen LogP contribution in [-0.4, -0.2) is 6.54 Å². The third kappa shape index (κ3) is 4.29. The van der Waals surface area contributed by atoms with Gasteiger partial charge in [0.1, 0.15) is 0 Å². The van der Waals surface area contributed by atoms with E-state index in [0.29, 0.717) is 0 Å². The Bertz CT molecular complexity index is 443. The van der Waals surface area contributed by atoms with Gasteiger partial charge in [-0.15, -0.1) is 12.4 Å². The topological polar surface area (TPSA) is 12.0 Å². The van der Waals surface area contributed by atoms with Crippen molar-refractivity contribution in [2.24, 2.45) is 0 Å². The summed E-state index contributed by atoms with van der Waals surface area (Å²) in [5, 5.41) is 4.10. The van der Waals surface area contributed by atoms with E-state index in [4.69, 9.17) is 11.6 Å². The van der Waals surface area contributed by atoms with Gasteiger partial charge in [-0.1, -0.05) is 54.1 Å². The first-order chi connectivity index (χ1) is 7.86. The minimum atomic E-state index is 0. The van der Waals surface area contributed by atoms with Gasteiger partial charge in [0.05, 0.1) is 10.7 Å². The average Bonchev–Trinajstić information content (AvgIpc) is 2.33. The zero-order valence-corrected chi connectivity index (χ0v) is 11.0. The predicted octanol–water partition coefficient (Wildman–Crippen LogP) is 4.42. The molecule has 1 nitrogen and oxygen atoms in total. The molecule has 2 aromatic rings. The molecule has 0 radical (unpaired) electrons. The smallest absolute Gasteiger partial charge is 0.0637 e. The van der Waals surface area contributed by atoms with E-state index in [2.05, 4.69) is 29.6 Å². The van der Waals surface area contributed by atoms with E-state index in [0.717, 1.165) is 23.7 Å². The molecule has 2 rings (SSSR count). The Morgan fingerprint density at radius 1 is 0.882 bits per heavy atom. The molecule has 0 aliphatic carbocycles. The highest BCUT2D eigenvalue weighted by atomic mass is 35.5. The minimum absolute atomic E-state index is 0. The van der Waals surface area contributed by atoms with Crippen LogP contribution < -0.4 is 5.32 Å². The van der Waals surface area contributed by atoms with Crippen molar-refractivity contribution in [2.45, 2.75) is 6.42 Å². The fraction of sp³-hybridized carbons (Fsp3) is 0.143. The van der Waals surface area contributed by atoms with E-state index in [1.165, 1.54) is 5.56 Å². The van der Waals surface area contributed by atoms with Gasteiger partial charge < -0.3 is 5.32 Å². The fourth-order valence-corrected chi connectivity index (χ4v) is 1.79. The van der Waals surface area contributed by atoms with Crippen molar-refractivity contribution < 1.29 is 0 Å². The zero-order valence-electron chi connectivity index (χ0n) is 9.40. The van der Waals surface area contributed by atoms with Crippen molar-refractivity contribution in [2.75, 3.05) is 11.9 Å². The molecule has 0 aromatic heterocycles. The van der Waals surface area contributed by atoms with Gasteiger partial charge in [-0.2, -0.15) is 0 Å². The van der Waals surface area contributed by atoms with Crippen LogP contribution in [0, 0.1) is 0 Å². The second kappa shape index (κ2) is 7.21. The largest absolute Gasteiger partial charge is 0.384 e. The molecular formula is C14H15Cl2N. The predicted molar refractivity (Wildman–Crippen MR) is 77.3 cm³/mol. The summed E-state index contributed by atoms with van der Waals surface area (Å²) in [6.07, 6.45) is 1.01. The SMILES string of the molecule is Cl.Clc1ccccc1NCCc1ccccc1. The molecule has 0 atom stereocenters. The molecule has 0 heterocycles. The highest BCUT2D eigenvalue weighted by Gasteiger charge is 1.97. The van der Waals surface area contributed by atoms with Crippen LogP contribution in [0.5, 0.6) is 0 Å². The summed E-state index contributed by atoms with van der Waals surface area (Å²) < 4.78 is 0. The van der Waals surface area contributed by atoms with Crippen molar-refractivity contribution in [3.8, 4) is 0 Å². The normalized spacial score (nSPS) is 9.47. The maximum atomic E-state index is 6.04. The van der Waals surface area contributed by atoms with Crippen molar-refractivity contribution in [3.05, 3.63) is 65.2 Å². The lowest BCUT2D eigenvalue weighted by Gasteiger charge is -2.07. The lowest BCUT2D eigenvalue weighted by Crippen LogP contribution is -2.04. The van der Waals surface area contributed by atoms with Gasteiger partial charge in [-0.05, 0) is 24.1 Å². The molecule has 0 aliphatic rings. The van der Waals surface area contributed by atoms with E-state index in [9.17, 15) is 0 Å². The zero-order chi connectivity index (χ0) is 11.2. The Labute approximate surface area is 113 Å². The quantitative estimate of drug-likeness (QED) is 0.865. The molecule has 0 fully saturated rings. The van der Waals surface area contributed by atoms with Gasteiger partial charge in [0.15, 0.2) is 0 Å². The Hall–Kier alpha value is -1.18. The second-order valence-corrected chi connectivity index (χ2v) is 4.05. The van der Waals surface area contributed by atoms with Gasteiger partial charge in [0.25, 0.3) is 0 Å². The van der Waals surface area contributed by atoms with Crippen LogP contribution in [0.2, 0.25) is 5.02 Å². The van der Waals surface area contributed by atoms with Crippen LogP contribution in [0.1, 0.15) is 5.56 Å². The third-order valence-electron chi connectivity index (χ3n) is 2.45. The highest BCUT2D eigenvalue weighted by molar-refractivity contribution is 6.33. The van der Waals surface area contributed by atoms with Gasteiger partial charge in [-0.3, -0.25) is 0 Å². The van der Waals surface area contributed by atoms with E-state index >= 15 is 0 Å². The summed E-state index contributed by atoms with van der Waals surface area (Å²) in [6.45, 7) is 0.897. The van der Waals surface area contributed by atoms with Crippen LogP contribution >= 0.6 is 24.0 Å². The first-order valence-corrected chi connectivity index (χ1v) is 5.76. The van der Waals surface area contributed by atoms with E-state index in [1.54, 1.807) is 0 Å². The van der Waals surface area contributed by atoms with Gasteiger partial charge in [-0.25, -0.2) is 0 Å². The number of hydrogen-bond donors (Lipinski definition) is 1. The second-order valence-electron chi connectivity index (χ2n) is 3.64. The number of rotatable bonds is 4. The number of hydrogen-bond acceptors (Lipinski definition) is 1. The monoisotopic (exact) mass is 267 g/mol. The number of benzene rings is 2. The van der Waals surface area contributed by atoms with E-state index < -0.39 is 0 Å². The lowest BCUT2D eigenvalue weighted by atomic mass is 10.1. The maximum Gasteiger partial charge on any atom is 0.0637 e. The Kier molecular flexibility index (Phi) is 5.88. The Balaban J connectivity index is 0.00000144. The molecule has 17 heavy (non-hydrogen) atoms. The van der Waals surface area contributed by atoms with Crippen molar-refractivity contribution in [1.29, 1.82) is 0 Å². The summed E-state index contributed by atoms with van der Waals surface area (Å²) in [5.74, 6) is 0. The Morgan fingerprint density at radius 3 is 2.24 bits per heavy atom. The highest BCUT2D eigenvalue weighted by Crippen LogP contribution is 2.20. The summed E-state index contributed by atoms with van der Waals surface area (Å²) in [7, 11) is 0. The fourth-order valence-electron chi connectivity index (χ4n) is 1.59. The molecule has 90 valence electrons. The van der Waals surface area contributed by atoms with Gasteiger partial charge >= 0.3 is 0 Å². The average molecular weight is 268 g/mol. The molecule has 0 saturated heterocycles. The standard InChI is InChI=1S/C14H14ClN.ClH/c15-13-8-4-5-9-14(13)16-11-10-12-6-2-1-3-7-12;/h1-9,16H,10-11H2;1H. The molecule has 0 saturated carbocycles.